The maximum absolute atomic E-state index is 13.3. The van der Waals surface area contributed by atoms with E-state index in [4.69, 9.17) is 12.2 Å². The zero-order chi connectivity index (χ0) is 14.1. The number of aromatic amines is 1. The van der Waals surface area contributed by atoms with Crippen LogP contribution in [0.25, 0.3) is 17.1 Å². The zero-order valence-electron chi connectivity index (χ0n) is 10.2. The Morgan fingerprint density at radius 1 is 1.15 bits per heavy atom. The molecule has 3 nitrogen and oxygen atoms in total. The molecule has 0 unspecified atom stereocenters. The fourth-order valence-electron chi connectivity index (χ4n) is 1.94. The molecule has 100 valence electrons. The number of H-pyrrole nitrogens is 1. The number of nitrogens with one attached hydrogen (secondary N) is 1. The summed E-state index contributed by atoms with van der Waals surface area (Å²) in [5.74, 6) is 0.330. The second-order valence-electron chi connectivity index (χ2n) is 4.15. The lowest BCUT2D eigenvalue weighted by Gasteiger charge is -2.07. The minimum absolute atomic E-state index is 0.311. The van der Waals surface area contributed by atoms with Crippen molar-refractivity contribution in [1.82, 2.24) is 14.8 Å². The third kappa shape index (κ3) is 2.32. The van der Waals surface area contributed by atoms with E-state index in [0.29, 0.717) is 15.1 Å². The quantitative estimate of drug-likeness (QED) is 0.691. The number of benzene rings is 2. The van der Waals surface area contributed by atoms with Gasteiger partial charge in [0, 0.05) is 11.3 Å². The van der Waals surface area contributed by atoms with E-state index in [1.165, 1.54) is 6.07 Å². The number of nitrogens with zero attached hydrogens (tertiary/aromatic N) is 2. The number of halogens is 2. The highest BCUT2D eigenvalue weighted by atomic mass is 79.9. The number of hydrogen-bond acceptors (Lipinski definition) is 2. The van der Waals surface area contributed by atoms with Gasteiger partial charge in [0.25, 0.3) is 0 Å². The lowest BCUT2D eigenvalue weighted by molar-refractivity contribution is 0.621. The summed E-state index contributed by atoms with van der Waals surface area (Å²) in [7, 11) is 0. The highest BCUT2D eigenvalue weighted by Crippen LogP contribution is 2.25. The topological polar surface area (TPSA) is 33.6 Å². The standard InChI is InChI=1S/C14H9BrFN3S/c15-11-8-9(6-7-12(11)16)13-17-18-14(20)19(13)10-4-2-1-3-5-10/h1-8H,(H,18,20). The van der Waals surface area contributed by atoms with Crippen LogP contribution in [0.1, 0.15) is 0 Å². The third-order valence-corrected chi connectivity index (χ3v) is 3.75. The normalized spacial score (nSPS) is 10.7. The van der Waals surface area contributed by atoms with Crippen LogP contribution >= 0.6 is 28.1 Å². The molecule has 1 N–H and O–H groups in total. The molecule has 1 aromatic heterocycles. The number of aromatic nitrogens is 3. The summed E-state index contributed by atoms with van der Waals surface area (Å²) in [5, 5.41) is 7.01. The van der Waals surface area contributed by atoms with E-state index in [9.17, 15) is 4.39 Å². The lowest BCUT2D eigenvalue weighted by atomic mass is 10.2. The number of hydrogen-bond donors (Lipinski definition) is 1. The number of rotatable bonds is 2. The largest absolute Gasteiger partial charge is 0.268 e. The summed E-state index contributed by atoms with van der Waals surface area (Å²) in [4.78, 5) is 0. The van der Waals surface area contributed by atoms with E-state index in [1.807, 2.05) is 34.9 Å². The van der Waals surface area contributed by atoms with Crippen LogP contribution in [-0.2, 0) is 0 Å². The van der Waals surface area contributed by atoms with Crippen molar-refractivity contribution < 1.29 is 4.39 Å². The Kier molecular flexibility index (Phi) is 3.50. The molecule has 0 aliphatic heterocycles. The first-order chi connectivity index (χ1) is 9.66. The molecule has 6 heteroatoms. The molecule has 0 aliphatic carbocycles. The fourth-order valence-corrected chi connectivity index (χ4v) is 2.56. The lowest BCUT2D eigenvalue weighted by Crippen LogP contribution is -1.97. The Hall–Kier alpha value is -1.79. The molecule has 20 heavy (non-hydrogen) atoms. The van der Waals surface area contributed by atoms with Gasteiger partial charge in [-0.1, -0.05) is 18.2 Å². The van der Waals surface area contributed by atoms with Crippen molar-refractivity contribution in [3.63, 3.8) is 0 Å². The SMILES string of the molecule is Fc1ccc(-c2n[nH]c(=S)n2-c2ccccc2)cc1Br. The molecule has 0 amide bonds. The van der Waals surface area contributed by atoms with Crippen LogP contribution in [0.5, 0.6) is 0 Å². The monoisotopic (exact) mass is 349 g/mol. The molecule has 0 bridgehead atoms. The van der Waals surface area contributed by atoms with Crippen molar-refractivity contribution in [2.75, 3.05) is 0 Å². The Bertz CT molecular complexity index is 811. The first-order valence-electron chi connectivity index (χ1n) is 5.85. The highest BCUT2D eigenvalue weighted by molar-refractivity contribution is 9.10. The summed E-state index contributed by atoms with van der Waals surface area (Å²) < 4.78 is 16.0. The van der Waals surface area contributed by atoms with Crippen molar-refractivity contribution in [3.8, 4) is 17.1 Å². The third-order valence-electron chi connectivity index (χ3n) is 2.86. The minimum Gasteiger partial charge on any atom is -0.268 e. The van der Waals surface area contributed by atoms with Crippen molar-refractivity contribution in [3.05, 3.63) is 63.6 Å². The van der Waals surface area contributed by atoms with Crippen LogP contribution in [0.3, 0.4) is 0 Å². The van der Waals surface area contributed by atoms with E-state index in [-0.39, 0.29) is 5.82 Å². The van der Waals surface area contributed by atoms with Crippen LogP contribution in [0.4, 0.5) is 4.39 Å². The predicted molar refractivity (Wildman–Crippen MR) is 81.8 cm³/mol. The van der Waals surface area contributed by atoms with Gasteiger partial charge in [0.1, 0.15) is 5.82 Å². The summed E-state index contributed by atoms with van der Waals surface area (Å²) in [6, 6.07) is 14.4. The summed E-state index contributed by atoms with van der Waals surface area (Å²) in [5.41, 5.74) is 1.68. The van der Waals surface area contributed by atoms with Gasteiger partial charge in [-0.3, -0.25) is 9.67 Å². The number of para-hydroxylation sites is 1. The Labute approximate surface area is 128 Å². The van der Waals surface area contributed by atoms with E-state index in [1.54, 1.807) is 12.1 Å². The van der Waals surface area contributed by atoms with Gasteiger partial charge in [-0.2, -0.15) is 5.10 Å². The molecular formula is C14H9BrFN3S. The van der Waals surface area contributed by atoms with Gasteiger partial charge in [0.2, 0.25) is 0 Å². The Morgan fingerprint density at radius 2 is 1.90 bits per heavy atom. The fraction of sp³-hybridized carbons (Fsp3) is 0. The van der Waals surface area contributed by atoms with Gasteiger partial charge in [-0.25, -0.2) is 4.39 Å². The van der Waals surface area contributed by atoms with Gasteiger partial charge in [0.05, 0.1) is 4.47 Å². The average molecular weight is 350 g/mol. The van der Waals surface area contributed by atoms with Gasteiger partial charge < -0.3 is 0 Å². The first-order valence-corrected chi connectivity index (χ1v) is 7.05. The van der Waals surface area contributed by atoms with Crippen molar-refractivity contribution >= 4 is 28.1 Å². The molecule has 1 heterocycles. The zero-order valence-corrected chi connectivity index (χ0v) is 12.6. The highest BCUT2D eigenvalue weighted by Gasteiger charge is 2.12. The maximum Gasteiger partial charge on any atom is 0.200 e. The summed E-state index contributed by atoms with van der Waals surface area (Å²) in [6.45, 7) is 0. The summed E-state index contributed by atoms with van der Waals surface area (Å²) in [6.07, 6.45) is 0. The molecule has 0 saturated carbocycles. The molecule has 0 aliphatic rings. The van der Waals surface area contributed by atoms with Crippen LogP contribution in [-0.4, -0.2) is 14.8 Å². The van der Waals surface area contributed by atoms with E-state index in [0.717, 1.165) is 11.3 Å². The van der Waals surface area contributed by atoms with Gasteiger partial charge in [0.15, 0.2) is 10.6 Å². The van der Waals surface area contributed by atoms with Crippen molar-refractivity contribution in [1.29, 1.82) is 0 Å². The molecule has 0 saturated heterocycles. The van der Waals surface area contributed by atoms with E-state index < -0.39 is 0 Å². The molecule has 2 aromatic carbocycles. The molecule has 0 fully saturated rings. The van der Waals surface area contributed by atoms with Gasteiger partial charge >= 0.3 is 0 Å². The molecule has 0 radical (unpaired) electrons. The van der Waals surface area contributed by atoms with Crippen LogP contribution in [0, 0.1) is 10.6 Å². The van der Waals surface area contributed by atoms with Crippen LogP contribution in [0.15, 0.2) is 53.0 Å². The molecular weight excluding hydrogens is 341 g/mol. The molecule has 3 aromatic rings. The minimum atomic E-state index is -0.311. The predicted octanol–water partition coefficient (Wildman–Crippen LogP) is 4.50. The second-order valence-corrected chi connectivity index (χ2v) is 5.39. The second kappa shape index (κ2) is 5.30. The van der Waals surface area contributed by atoms with E-state index in [2.05, 4.69) is 26.1 Å². The molecule has 0 spiro atoms. The van der Waals surface area contributed by atoms with E-state index >= 15 is 0 Å². The van der Waals surface area contributed by atoms with Gasteiger partial charge in [-0.15, -0.1) is 0 Å². The first kappa shape index (κ1) is 13.2. The van der Waals surface area contributed by atoms with Crippen LogP contribution in [0.2, 0.25) is 0 Å². The smallest absolute Gasteiger partial charge is 0.200 e. The van der Waals surface area contributed by atoms with Crippen LogP contribution < -0.4 is 0 Å². The summed E-state index contributed by atoms with van der Waals surface area (Å²) >= 11 is 8.46. The maximum atomic E-state index is 13.3. The average Bonchev–Trinajstić information content (AvgIpc) is 2.85. The Balaban J connectivity index is 2.21. The molecule has 3 rings (SSSR count). The molecule has 0 atom stereocenters. The van der Waals surface area contributed by atoms with Gasteiger partial charge in [-0.05, 0) is 58.5 Å². The Morgan fingerprint density at radius 3 is 2.60 bits per heavy atom. The van der Waals surface area contributed by atoms with Crippen molar-refractivity contribution in [2.45, 2.75) is 0 Å². The van der Waals surface area contributed by atoms with Crippen molar-refractivity contribution in [2.24, 2.45) is 0 Å².